The van der Waals surface area contributed by atoms with Gasteiger partial charge in [-0.1, -0.05) is 12.8 Å². The number of rotatable bonds is 5. The van der Waals surface area contributed by atoms with Crippen LogP contribution in [0.2, 0.25) is 0 Å². The van der Waals surface area contributed by atoms with E-state index in [1.807, 2.05) is 0 Å². The van der Waals surface area contributed by atoms with E-state index in [9.17, 15) is 13.5 Å². The second-order valence-electron chi connectivity index (χ2n) is 5.15. The van der Waals surface area contributed by atoms with Crippen LogP contribution in [0.4, 0.5) is 5.69 Å². The van der Waals surface area contributed by atoms with Crippen molar-refractivity contribution >= 4 is 15.7 Å². The van der Waals surface area contributed by atoms with E-state index in [1.165, 1.54) is 19.2 Å². The van der Waals surface area contributed by atoms with Crippen LogP contribution in [0.3, 0.4) is 0 Å². The van der Waals surface area contributed by atoms with Gasteiger partial charge >= 0.3 is 0 Å². The first-order valence-electron chi connectivity index (χ1n) is 6.51. The van der Waals surface area contributed by atoms with Crippen LogP contribution in [-0.2, 0) is 10.0 Å². The summed E-state index contributed by atoms with van der Waals surface area (Å²) in [7, 11) is -2.27. The lowest BCUT2D eigenvalue weighted by Gasteiger charge is -2.27. The van der Waals surface area contributed by atoms with Gasteiger partial charge in [0, 0.05) is 6.07 Å². The molecular weight excluding hydrogens is 280 g/mol. The molecule has 20 heavy (non-hydrogen) atoms. The average molecular weight is 300 g/mol. The summed E-state index contributed by atoms with van der Waals surface area (Å²) in [4.78, 5) is 0.0121. The standard InChI is InChI=1S/C13H20N2O4S/c1-19-10-4-5-12(11(14)8-10)20(17,18)15-13(9-16)6-2-3-7-13/h4-5,8,15-16H,2-3,6-7,9,14H2,1H3. The highest BCUT2D eigenvalue weighted by molar-refractivity contribution is 7.89. The maximum absolute atomic E-state index is 12.4. The van der Waals surface area contributed by atoms with E-state index in [4.69, 9.17) is 10.5 Å². The molecule has 1 aliphatic rings. The molecule has 4 N–H and O–H groups in total. The van der Waals surface area contributed by atoms with Crippen LogP contribution in [0.25, 0.3) is 0 Å². The van der Waals surface area contributed by atoms with Crippen LogP contribution >= 0.6 is 0 Å². The lowest BCUT2D eigenvalue weighted by molar-refractivity contribution is 0.185. The van der Waals surface area contributed by atoms with Gasteiger partial charge in [-0.3, -0.25) is 0 Å². The van der Waals surface area contributed by atoms with Gasteiger partial charge in [0.2, 0.25) is 10.0 Å². The molecule has 1 saturated carbocycles. The van der Waals surface area contributed by atoms with E-state index >= 15 is 0 Å². The SMILES string of the molecule is COc1ccc(S(=O)(=O)NC2(CO)CCCC2)c(N)c1. The number of aliphatic hydroxyl groups is 1. The zero-order valence-electron chi connectivity index (χ0n) is 11.4. The third-order valence-corrected chi connectivity index (χ3v) is 5.37. The molecule has 1 fully saturated rings. The summed E-state index contributed by atoms with van der Waals surface area (Å²) in [6.45, 7) is -0.206. The zero-order valence-corrected chi connectivity index (χ0v) is 12.2. The molecule has 7 heteroatoms. The molecule has 0 aromatic heterocycles. The topological polar surface area (TPSA) is 102 Å². The van der Waals surface area contributed by atoms with Crippen LogP contribution in [0.5, 0.6) is 5.75 Å². The molecule has 1 aromatic rings. The normalized spacial score (nSPS) is 18.1. The number of sulfonamides is 1. The quantitative estimate of drug-likeness (QED) is 0.700. The molecule has 0 spiro atoms. The molecule has 0 unspecified atom stereocenters. The fourth-order valence-corrected chi connectivity index (χ4v) is 4.15. The first-order valence-corrected chi connectivity index (χ1v) is 7.99. The minimum Gasteiger partial charge on any atom is -0.497 e. The molecule has 0 atom stereocenters. The summed E-state index contributed by atoms with van der Waals surface area (Å²) in [6, 6.07) is 4.43. The predicted molar refractivity (Wildman–Crippen MR) is 76.0 cm³/mol. The molecular formula is C13H20N2O4S. The van der Waals surface area contributed by atoms with Gasteiger partial charge in [-0.05, 0) is 25.0 Å². The Morgan fingerprint density at radius 3 is 2.55 bits per heavy atom. The Bertz CT molecular complexity index is 580. The van der Waals surface area contributed by atoms with Crippen LogP contribution in [-0.4, -0.2) is 32.8 Å². The van der Waals surface area contributed by atoms with Gasteiger partial charge < -0.3 is 15.6 Å². The second kappa shape index (κ2) is 5.59. The lowest BCUT2D eigenvalue weighted by Crippen LogP contribution is -2.49. The molecule has 0 amide bonds. The summed E-state index contributed by atoms with van der Waals surface area (Å²) in [5.41, 5.74) is 5.15. The lowest BCUT2D eigenvalue weighted by atomic mass is 10.0. The van der Waals surface area contributed by atoms with Crippen molar-refractivity contribution in [1.82, 2.24) is 4.72 Å². The van der Waals surface area contributed by atoms with E-state index < -0.39 is 15.6 Å². The van der Waals surface area contributed by atoms with E-state index in [1.54, 1.807) is 6.07 Å². The summed E-state index contributed by atoms with van der Waals surface area (Å²) >= 11 is 0. The van der Waals surface area contributed by atoms with Gasteiger partial charge in [-0.15, -0.1) is 0 Å². The third kappa shape index (κ3) is 2.89. The molecule has 1 aromatic carbocycles. The number of ether oxygens (including phenoxy) is 1. The second-order valence-corrected chi connectivity index (χ2v) is 6.81. The number of hydrogen-bond donors (Lipinski definition) is 3. The molecule has 1 aliphatic carbocycles. The van der Waals surface area contributed by atoms with Gasteiger partial charge in [0.1, 0.15) is 10.6 Å². The third-order valence-electron chi connectivity index (χ3n) is 3.72. The van der Waals surface area contributed by atoms with Crippen molar-refractivity contribution in [2.75, 3.05) is 19.5 Å². The Kier molecular flexibility index (Phi) is 4.22. The predicted octanol–water partition coefficient (Wildman–Crippen LogP) is 0.861. The molecule has 0 heterocycles. The number of benzene rings is 1. The summed E-state index contributed by atoms with van der Waals surface area (Å²) < 4.78 is 32.5. The Balaban J connectivity index is 2.31. The van der Waals surface area contributed by atoms with Gasteiger partial charge in [0.15, 0.2) is 0 Å². The number of nitrogens with one attached hydrogen (secondary N) is 1. The van der Waals surface area contributed by atoms with E-state index in [2.05, 4.69) is 4.72 Å². The summed E-state index contributed by atoms with van der Waals surface area (Å²) in [6.07, 6.45) is 3.08. The van der Waals surface area contributed by atoms with Crippen molar-refractivity contribution in [2.45, 2.75) is 36.1 Å². The highest BCUT2D eigenvalue weighted by Gasteiger charge is 2.37. The van der Waals surface area contributed by atoms with Gasteiger partial charge in [0.25, 0.3) is 0 Å². The van der Waals surface area contributed by atoms with Gasteiger partial charge in [0.05, 0.1) is 24.9 Å². The molecule has 6 nitrogen and oxygen atoms in total. The number of methoxy groups -OCH3 is 1. The Labute approximate surface area is 119 Å². The smallest absolute Gasteiger partial charge is 0.243 e. The first-order chi connectivity index (χ1) is 9.42. The number of aliphatic hydroxyl groups excluding tert-OH is 1. The average Bonchev–Trinajstić information content (AvgIpc) is 2.86. The Morgan fingerprint density at radius 1 is 1.40 bits per heavy atom. The first kappa shape index (κ1) is 15.1. The number of nitrogens with two attached hydrogens (primary N) is 1. The maximum Gasteiger partial charge on any atom is 0.243 e. The minimum atomic E-state index is -3.76. The number of nitrogen functional groups attached to an aromatic ring is 1. The molecule has 0 radical (unpaired) electrons. The van der Waals surface area contributed by atoms with E-state index in [0.717, 1.165) is 12.8 Å². The summed E-state index contributed by atoms with van der Waals surface area (Å²) in [5, 5.41) is 9.50. The zero-order chi connectivity index (χ0) is 14.8. The van der Waals surface area contributed by atoms with Crippen molar-refractivity contribution < 1.29 is 18.3 Å². The largest absolute Gasteiger partial charge is 0.497 e. The molecule has 0 bridgehead atoms. The Hall–Kier alpha value is -1.31. The van der Waals surface area contributed by atoms with Crippen molar-refractivity contribution in [3.05, 3.63) is 18.2 Å². The fraction of sp³-hybridized carbons (Fsp3) is 0.538. The van der Waals surface area contributed by atoms with Crippen molar-refractivity contribution in [1.29, 1.82) is 0 Å². The highest BCUT2D eigenvalue weighted by atomic mass is 32.2. The number of hydrogen-bond acceptors (Lipinski definition) is 5. The molecule has 2 rings (SSSR count). The summed E-state index contributed by atoms with van der Waals surface area (Å²) in [5.74, 6) is 0.499. The van der Waals surface area contributed by atoms with Crippen LogP contribution in [0.15, 0.2) is 23.1 Å². The van der Waals surface area contributed by atoms with E-state index in [0.29, 0.717) is 18.6 Å². The highest BCUT2D eigenvalue weighted by Crippen LogP contribution is 2.32. The van der Waals surface area contributed by atoms with Crippen LogP contribution < -0.4 is 15.2 Å². The molecule has 0 saturated heterocycles. The Morgan fingerprint density at radius 2 is 2.05 bits per heavy atom. The fourth-order valence-electron chi connectivity index (χ4n) is 2.58. The molecule has 112 valence electrons. The van der Waals surface area contributed by atoms with Crippen molar-refractivity contribution in [3.8, 4) is 5.75 Å². The maximum atomic E-state index is 12.4. The monoisotopic (exact) mass is 300 g/mol. The van der Waals surface area contributed by atoms with Crippen LogP contribution in [0.1, 0.15) is 25.7 Å². The minimum absolute atomic E-state index is 0.0121. The molecule has 0 aliphatic heterocycles. The van der Waals surface area contributed by atoms with Crippen molar-refractivity contribution in [2.24, 2.45) is 0 Å². The van der Waals surface area contributed by atoms with E-state index in [-0.39, 0.29) is 17.2 Å². The van der Waals surface area contributed by atoms with Crippen LogP contribution in [0, 0.1) is 0 Å². The van der Waals surface area contributed by atoms with Gasteiger partial charge in [-0.2, -0.15) is 0 Å². The number of anilines is 1. The van der Waals surface area contributed by atoms with Gasteiger partial charge in [-0.25, -0.2) is 13.1 Å². The van der Waals surface area contributed by atoms with Crippen molar-refractivity contribution in [3.63, 3.8) is 0 Å².